The summed E-state index contributed by atoms with van der Waals surface area (Å²) in [5.74, 6) is -2.72. The van der Waals surface area contributed by atoms with Crippen LogP contribution < -0.4 is 10.2 Å². The lowest BCUT2D eigenvalue weighted by Crippen LogP contribution is -2.37. The first-order valence-corrected chi connectivity index (χ1v) is 11.5. The molecule has 4 rings (SSSR count). The maximum Gasteiger partial charge on any atom is 0.338 e. The van der Waals surface area contributed by atoms with Crippen LogP contribution in [0.2, 0.25) is 0 Å². The van der Waals surface area contributed by atoms with Crippen molar-refractivity contribution in [1.29, 1.82) is 0 Å². The van der Waals surface area contributed by atoms with Crippen LogP contribution in [0.4, 0.5) is 11.4 Å². The normalized spacial score (nSPS) is 12.2. The minimum absolute atomic E-state index is 0.0669. The number of fused-ring (bicyclic) bond motifs is 1. The highest BCUT2D eigenvalue weighted by molar-refractivity contribution is 6.34. The van der Waals surface area contributed by atoms with Crippen LogP contribution in [0.1, 0.15) is 42.2 Å². The molecule has 3 aromatic carbocycles. The van der Waals surface area contributed by atoms with Crippen LogP contribution in [0.15, 0.2) is 66.7 Å². The molecule has 0 atom stereocenters. The summed E-state index contributed by atoms with van der Waals surface area (Å²) in [6, 6.07) is 18.0. The minimum Gasteiger partial charge on any atom is -0.452 e. The minimum atomic E-state index is -0.805. The van der Waals surface area contributed by atoms with E-state index < -0.39 is 30.3 Å². The van der Waals surface area contributed by atoms with Crippen molar-refractivity contribution in [3.8, 4) is 0 Å². The van der Waals surface area contributed by atoms with Crippen molar-refractivity contribution in [1.82, 2.24) is 4.90 Å². The fourth-order valence-electron chi connectivity index (χ4n) is 4.01. The van der Waals surface area contributed by atoms with E-state index in [2.05, 4.69) is 5.32 Å². The first-order chi connectivity index (χ1) is 17.7. The number of benzene rings is 3. The number of hydrogen-bond donors (Lipinski definition) is 1. The number of amides is 4. The van der Waals surface area contributed by atoms with Gasteiger partial charge in [-0.3, -0.25) is 19.2 Å². The summed E-state index contributed by atoms with van der Waals surface area (Å²) in [6.07, 6.45) is 0. The summed E-state index contributed by atoms with van der Waals surface area (Å²) >= 11 is 0. The van der Waals surface area contributed by atoms with E-state index in [0.29, 0.717) is 5.69 Å². The summed E-state index contributed by atoms with van der Waals surface area (Å²) < 4.78 is 5.13. The molecule has 0 aromatic heterocycles. The number of rotatable bonds is 7. The number of nitrogens with zero attached hydrogens (tertiary/aromatic N) is 2. The second-order valence-corrected chi connectivity index (χ2v) is 8.68. The van der Waals surface area contributed by atoms with Crippen molar-refractivity contribution in [2.24, 2.45) is 0 Å². The predicted octanol–water partition coefficient (Wildman–Crippen LogP) is 3.36. The van der Waals surface area contributed by atoms with E-state index in [9.17, 15) is 24.0 Å². The van der Waals surface area contributed by atoms with Gasteiger partial charge in [-0.05, 0) is 55.3 Å². The number of ether oxygens (including phenoxy) is 1. The van der Waals surface area contributed by atoms with Gasteiger partial charge in [-0.2, -0.15) is 0 Å². The van der Waals surface area contributed by atoms with Crippen LogP contribution in [0.25, 0.3) is 0 Å². The van der Waals surface area contributed by atoms with Crippen LogP contribution in [0.5, 0.6) is 0 Å². The van der Waals surface area contributed by atoms with E-state index in [0.717, 1.165) is 20.9 Å². The molecule has 9 heteroatoms. The highest BCUT2D eigenvalue weighted by Crippen LogP contribution is 2.29. The van der Waals surface area contributed by atoms with Gasteiger partial charge >= 0.3 is 5.97 Å². The van der Waals surface area contributed by atoms with E-state index >= 15 is 0 Å². The molecule has 0 saturated carbocycles. The average Bonchev–Trinajstić information content (AvgIpc) is 3.14. The first-order valence-electron chi connectivity index (χ1n) is 11.5. The zero-order chi connectivity index (χ0) is 26.7. The molecule has 0 bridgehead atoms. The molecular formula is C28H25N3O6. The number of nitrogens with one attached hydrogen (secondary N) is 1. The van der Waals surface area contributed by atoms with E-state index in [-0.39, 0.29) is 34.8 Å². The maximum atomic E-state index is 12.7. The highest BCUT2D eigenvalue weighted by atomic mass is 16.5. The van der Waals surface area contributed by atoms with Crippen LogP contribution in [-0.4, -0.2) is 54.7 Å². The van der Waals surface area contributed by atoms with Gasteiger partial charge in [0.05, 0.1) is 28.9 Å². The SMILES string of the molecule is Cc1cccc(C)c1NC(=O)CN(C)C(=O)COC(=O)c1cccc(N2C(=O)c3ccccc3C2=O)c1. The van der Waals surface area contributed by atoms with Crippen molar-refractivity contribution in [3.63, 3.8) is 0 Å². The molecule has 188 valence electrons. The van der Waals surface area contributed by atoms with Crippen LogP contribution in [-0.2, 0) is 14.3 Å². The molecule has 3 aromatic rings. The van der Waals surface area contributed by atoms with Crippen molar-refractivity contribution < 1.29 is 28.7 Å². The maximum absolute atomic E-state index is 12.7. The van der Waals surface area contributed by atoms with Gasteiger partial charge < -0.3 is 15.0 Å². The Morgan fingerprint density at radius 2 is 1.46 bits per heavy atom. The fraction of sp³-hybridized carbons (Fsp3) is 0.179. The zero-order valence-corrected chi connectivity index (χ0v) is 20.6. The molecule has 0 saturated heterocycles. The van der Waals surface area contributed by atoms with Gasteiger partial charge in [0.1, 0.15) is 0 Å². The zero-order valence-electron chi connectivity index (χ0n) is 20.6. The third-order valence-electron chi connectivity index (χ3n) is 6.01. The van der Waals surface area contributed by atoms with Gasteiger partial charge in [-0.15, -0.1) is 0 Å². The molecule has 0 spiro atoms. The standard InChI is InChI=1S/C28H25N3O6/c1-17-8-6-9-18(2)25(17)29-23(32)15-30(3)24(33)16-37-28(36)19-10-7-11-20(14-19)31-26(34)21-12-4-5-13-22(21)27(31)35/h4-14H,15-16H2,1-3H3,(H,29,32). The number of esters is 1. The molecule has 1 aliphatic rings. The Morgan fingerprint density at radius 1 is 0.865 bits per heavy atom. The molecule has 1 N–H and O–H groups in total. The van der Waals surface area contributed by atoms with Crippen molar-refractivity contribution >= 4 is 41.0 Å². The van der Waals surface area contributed by atoms with Crippen molar-refractivity contribution in [3.05, 3.63) is 94.5 Å². The lowest BCUT2D eigenvalue weighted by Gasteiger charge is -2.18. The number of likely N-dealkylation sites (N-methyl/N-ethyl adjacent to an activating group) is 1. The van der Waals surface area contributed by atoms with E-state index in [1.807, 2.05) is 32.0 Å². The monoisotopic (exact) mass is 499 g/mol. The Labute approximate surface area is 213 Å². The number of imide groups is 1. The van der Waals surface area contributed by atoms with Gasteiger partial charge in [0.25, 0.3) is 17.7 Å². The lowest BCUT2D eigenvalue weighted by molar-refractivity contribution is -0.136. The Balaban J connectivity index is 1.35. The first kappa shape index (κ1) is 25.3. The van der Waals surface area contributed by atoms with E-state index in [1.165, 1.54) is 31.3 Å². The topological polar surface area (TPSA) is 113 Å². The van der Waals surface area contributed by atoms with Gasteiger partial charge in [-0.25, -0.2) is 9.69 Å². The molecule has 1 aliphatic heterocycles. The summed E-state index contributed by atoms with van der Waals surface area (Å²) in [7, 11) is 1.43. The van der Waals surface area contributed by atoms with Gasteiger partial charge in [0.2, 0.25) is 5.91 Å². The van der Waals surface area contributed by atoms with Gasteiger partial charge in [0.15, 0.2) is 6.61 Å². The predicted molar refractivity (Wildman–Crippen MR) is 136 cm³/mol. The molecule has 0 radical (unpaired) electrons. The number of hydrogen-bond acceptors (Lipinski definition) is 6. The van der Waals surface area contributed by atoms with Gasteiger partial charge in [0, 0.05) is 12.7 Å². The Kier molecular flexibility index (Phi) is 7.15. The molecule has 4 amide bonds. The molecule has 37 heavy (non-hydrogen) atoms. The summed E-state index contributed by atoms with van der Waals surface area (Å²) in [5.41, 5.74) is 3.35. The quantitative estimate of drug-likeness (QED) is 0.394. The highest BCUT2D eigenvalue weighted by Gasteiger charge is 2.36. The smallest absolute Gasteiger partial charge is 0.338 e. The number of para-hydroxylation sites is 1. The summed E-state index contributed by atoms with van der Waals surface area (Å²) in [4.78, 5) is 65.1. The number of aryl methyl sites for hydroxylation is 2. The fourth-order valence-corrected chi connectivity index (χ4v) is 4.01. The molecule has 0 fully saturated rings. The number of anilines is 2. The number of carbonyl (C=O) groups excluding carboxylic acids is 5. The molecule has 0 aliphatic carbocycles. The molecule has 1 heterocycles. The summed E-state index contributed by atoms with van der Waals surface area (Å²) in [6.45, 7) is 2.95. The second kappa shape index (κ2) is 10.4. The third-order valence-corrected chi connectivity index (χ3v) is 6.01. The van der Waals surface area contributed by atoms with Crippen LogP contribution in [0.3, 0.4) is 0 Å². The Morgan fingerprint density at radius 3 is 2.08 bits per heavy atom. The van der Waals surface area contributed by atoms with Crippen LogP contribution in [0, 0.1) is 13.8 Å². The van der Waals surface area contributed by atoms with Gasteiger partial charge in [-0.1, -0.05) is 36.4 Å². The molecular weight excluding hydrogens is 474 g/mol. The van der Waals surface area contributed by atoms with E-state index in [1.54, 1.807) is 24.3 Å². The molecule has 9 nitrogen and oxygen atoms in total. The van der Waals surface area contributed by atoms with Crippen molar-refractivity contribution in [2.75, 3.05) is 30.4 Å². The number of carbonyl (C=O) groups is 5. The average molecular weight is 500 g/mol. The largest absolute Gasteiger partial charge is 0.452 e. The van der Waals surface area contributed by atoms with Crippen LogP contribution >= 0.6 is 0 Å². The second-order valence-electron chi connectivity index (χ2n) is 8.68. The lowest BCUT2D eigenvalue weighted by atomic mass is 10.1. The third kappa shape index (κ3) is 5.25. The summed E-state index contributed by atoms with van der Waals surface area (Å²) in [5, 5.41) is 2.80. The Hall–Kier alpha value is -4.79. The van der Waals surface area contributed by atoms with E-state index in [4.69, 9.17) is 4.74 Å². The Bertz CT molecular complexity index is 1380. The molecule has 0 unspecified atom stereocenters. The van der Waals surface area contributed by atoms with Crippen molar-refractivity contribution in [2.45, 2.75) is 13.8 Å².